The molecule has 0 aromatic heterocycles. The van der Waals surface area contributed by atoms with E-state index in [0.717, 1.165) is 0 Å². The van der Waals surface area contributed by atoms with Crippen LogP contribution in [0.15, 0.2) is 29.5 Å². The number of aliphatic hydroxyl groups excluding tert-OH is 1. The van der Waals surface area contributed by atoms with Gasteiger partial charge in [0.2, 0.25) is 0 Å². The summed E-state index contributed by atoms with van der Waals surface area (Å²) in [5.74, 6) is -0.218. The number of nitrogens with one attached hydrogen (secondary N) is 2. The number of β-amino-alcohol motifs (C(OH)–C–C–N with tert-alkyl or cyclic N) is 1. The van der Waals surface area contributed by atoms with E-state index in [4.69, 9.17) is 23.2 Å². The normalized spacial score (nSPS) is 21.9. The van der Waals surface area contributed by atoms with Gasteiger partial charge in [-0.3, -0.25) is 4.79 Å². The van der Waals surface area contributed by atoms with E-state index in [-0.39, 0.29) is 25.0 Å². The summed E-state index contributed by atoms with van der Waals surface area (Å²) in [6.45, 7) is 2.08. The van der Waals surface area contributed by atoms with Crippen molar-refractivity contribution in [3.8, 4) is 0 Å². The largest absolute Gasteiger partial charge is 0.392 e. The number of nitrogens with zero attached hydrogens (tertiary/aromatic N) is 1. The van der Waals surface area contributed by atoms with Crippen LogP contribution in [0.2, 0.25) is 10.0 Å². The Morgan fingerprint density at radius 2 is 2.09 bits per heavy atom. The predicted molar refractivity (Wildman–Crippen MR) is 86.2 cm³/mol. The van der Waals surface area contributed by atoms with Gasteiger partial charge in [0.1, 0.15) is 0 Å². The van der Waals surface area contributed by atoms with Crippen LogP contribution in [-0.2, 0) is 4.79 Å². The van der Waals surface area contributed by atoms with Gasteiger partial charge >= 0.3 is 6.03 Å². The molecule has 0 spiro atoms. The van der Waals surface area contributed by atoms with Crippen molar-refractivity contribution in [2.45, 2.75) is 19.1 Å². The van der Waals surface area contributed by atoms with Crippen molar-refractivity contribution in [1.29, 1.82) is 0 Å². The Kier molecular flexibility index (Phi) is 4.23. The standard InChI is InChI=1S/C15H15Cl2N3O3/c1-7(21)5-20-6-11-12(14(20)22)13(19-15(23)18-11)8-2-3-9(16)10(17)4-8/h2-4,7,13,21H,5-6H2,1H3,(H2,18,19,23)/t7-,13-/m1/s1. The van der Waals surface area contributed by atoms with Crippen LogP contribution in [0, 0.1) is 0 Å². The molecular formula is C15H15Cl2N3O3. The fraction of sp³-hybridized carbons (Fsp3) is 0.333. The maximum Gasteiger partial charge on any atom is 0.319 e. The minimum Gasteiger partial charge on any atom is -0.392 e. The number of halogens is 2. The molecule has 0 radical (unpaired) electrons. The fourth-order valence-corrected chi connectivity index (χ4v) is 3.14. The van der Waals surface area contributed by atoms with Gasteiger partial charge in [0.15, 0.2) is 0 Å². The molecule has 2 aliphatic rings. The quantitative estimate of drug-likeness (QED) is 0.773. The minimum atomic E-state index is -0.646. The first-order chi connectivity index (χ1) is 10.9. The van der Waals surface area contributed by atoms with Crippen molar-refractivity contribution in [2.24, 2.45) is 0 Å². The van der Waals surface area contributed by atoms with Crippen molar-refractivity contribution in [2.75, 3.05) is 13.1 Å². The molecule has 6 nitrogen and oxygen atoms in total. The lowest BCUT2D eigenvalue weighted by molar-refractivity contribution is -0.126. The highest BCUT2D eigenvalue weighted by molar-refractivity contribution is 6.42. The van der Waals surface area contributed by atoms with Gasteiger partial charge < -0.3 is 20.6 Å². The number of carbonyl (C=O) groups excluding carboxylic acids is 2. The fourth-order valence-electron chi connectivity index (χ4n) is 2.84. The average molecular weight is 356 g/mol. The molecule has 3 N–H and O–H groups in total. The third-order valence-electron chi connectivity index (χ3n) is 3.78. The van der Waals surface area contributed by atoms with E-state index in [1.165, 1.54) is 4.90 Å². The second-order valence-electron chi connectivity index (χ2n) is 5.63. The maximum atomic E-state index is 12.6. The van der Waals surface area contributed by atoms with E-state index < -0.39 is 12.1 Å². The summed E-state index contributed by atoms with van der Waals surface area (Å²) in [7, 11) is 0. The molecule has 1 aromatic rings. The molecule has 2 atom stereocenters. The summed E-state index contributed by atoms with van der Waals surface area (Å²) < 4.78 is 0. The number of hydrogen-bond acceptors (Lipinski definition) is 3. The number of carbonyl (C=O) groups is 2. The first kappa shape index (κ1) is 16.1. The summed E-state index contributed by atoms with van der Waals surface area (Å²) in [4.78, 5) is 26.0. The number of amides is 3. The average Bonchev–Trinajstić information content (AvgIpc) is 2.76. The Bertz CT molecular complexity index is 718. The van der Waals surface area contributed by atoms with E-state index >= 15 is 0 Å². The van der Waals surface area contributed by atoms with Crippen LogP contribution in [0.5, 0.6) is 0 Å². The zero-order chi connectivity index (χ0) is 16.7. The lowest BCUT2D eigenvalue weighted by Crippen LogP contribution is -2.44. The third-order valence-corrected chi connectivity index (χ3v) is 4.52. The van der Waals surface area contributed by atoms with Crippen LogP contribution in [-0.4, -0.2) is 41.1 Å². The van der Waals surface area contributed by atoms with Crippen molar-refractivity contribution in [3.63, 3.8) is 0 Å². The Balaban J connectivity index is 1.97. The Hall–Kier alpha value is -1.76. The van der Waals surface area contributed by atoms with Gasteiger partial charge in [-0.25, -0.2) is 4.79 Å². The smallest absolute Gasteiger partial charge is 0.319 e. The van der Waals surface area contributed by atoms with Gasteiger partial charge in [-0.15, -0.1) is 0 Å². The zero-order valence-electron chi connectivity index (χ0n) is 12.3. The van der Waals surface area contributed by atoms with Crippen LogP contribution in [0.25, 0.3) is 0 Å². The van der Waals surface area contributed by atoms with Crippen LogP contribution >= 0.6 is 23.2 Å². The summed E-state index contributed by atoms with van der Waals surface area (Å²) in [6.07, 6.45) is -0.646. The van der Waals surface area contributed by atoms with Gasteiger partial charge in [0.05, 0.1) is 40.0 Å². The molecule has 3 rings (SSSR count). The molecule has 2 aliphatic heterocycles. The van der Waals surface area contributed by atoms with Crippen molar-refractivity contribution in [3.05, 3.63) is 45.1 Å². The summed E-state index contributed by atoms with van der Waals surface area (Å²) in [5, 5.41) is 15.7. The lowest BCUT2D eigenvalue weighted by atomic mass is 9.96. The molecule has 0 unspecified atom stereocenters. The van der Waals surface area contributed by atoms with Gasteiger partial charge in [-0.2, -0.15) is 0 Å². The Labute approximate surface area is 143 Å². The number of rotatable bonds is 3. The highest BCUT2D eigenvalue weighted by Gasteiger charge is 2.40. The van der Waals surface area contributed by atoms with Crippen LogP contribution < -0.4 is 10.6 Å². The molecule has 122 valence electrons. The third kappa shape index (κ3) is 3.02. The van der Waals surface area contributed by atoms with E-state index in [1.807, 2.05) is 0 Å². The molecule has 3 amide bonds. The first-order valence-corrected chi connectivity index (χ1v) is 7.85. The van der Waals surface area contributed by atoms with Crippen LogP contribution in [0.4, 0.5) is 4.79 Å². The van der Waals surface area contributed by atoms with Crippen LogP contribution in [0.1, 0.15) is 18.5 Å². The molecule has 0 bridgehead atoms. The number of urea groups is 1. The van der Waals surface area contributed by atoms with Crippen molar-refractivity contribution >= 4 is 35.1 Å². The second-order valence-corrected chi connectivity index (χ2v) is 6.45. The summed E-state index contributed by atoms with van der Waals surface area (Å²) in [5.41, 5.74) is 1.69. The molecule has 0 fully saturated rings. The topological polar surface area (TPSA) is 81.7 Å². The van der Waals surface area contributed by atoms with Crippen LogP contribution in [0.3, 0.4) is 0 Å². The molecular weight excluding hydrogens is 341 g/mol. The van der Waals surface area contributed by atoms with E-state index in [1.54, 1.807) is 25.1 Å². The predicted octanol–water partition coefficient (Wildman–Crippen LogP) is 1.82. The monoisotopic (exact) mass is 355 g/mol. The van der Waals surface area contributed by atoms with E-state index in [0.29, 0.717) is 26.9 Å². The van der Waals surface area contributed by atoms with Gasteiger partial charge in [-0.05, 0) is 24.6 Å². The lowest BCUT2D eigenvalue weighted by Gasteiger charge is -2.25. The molecule has 0 saturated carbocycles. The number of aliphatic hydroxyl groups is 1. The van der Waals surface area contributed by atoms with Gasteiger partial charge in [-0.1, -0.05) is 29.3 Å². The second kappa shape index (κ2) is 6.03. The molecule has 1 aromatic carbocycles. The number of hydrogen-bond donors (Lipinski definition) is 3. The molecule has 2 heterocycles. The highest BCUT2D eigenvalue weighted by atomic mass is 35.5. The summed E-state index contributed by atoms with van der Waals surface area (Å²) in [6, 6.07) is 4.00. The zero-order valence-corrected chi connectivity index (χ0v) is 13.8. The van der Waals surface area contributed by atoms with Crippen molar-refractivity contribution in [1.82, 2.24) is 15.5 Å². The van der Waals surface area contributed by atoms with E-state index in [2.05, 4.69) is 10.6 Å². The number of benzene rings is 1. The minimum absolute atomic E-state index is 0.204. The molecule has 0 saturated heterocycles. The van der Waals surface area contributed by atoms with Gasteiger partial charge in [0, 0.05) is 6.54 Å². The Morgan fingerprint density at radius 3 is 2.74 bits per heavy atom. The molecule has 8 heteroatoms. The van der Waals surface area contributed by atoms with Crippen molar-refractivity contribution < 1.29 is 14.7 Å². The summed E-state index contributed by atoms with van der Waals surface area (Å²) >= 11 is 12.0. The molecule has 23 heavy (non-hydrogen) atoms. The highest BCUT2D eigenvalue weighted by Crippen LogP contribution is 2.34. The van der Waals surface area contributed by atoms with Gasteiger partial charge in [0.25, 0.3) is 5.91 Å². The molecule has 0 aliphatic carbocycles. The first-order valence-electron chi connectivity index (χ1n) is 7.09. The van der Waals surface area contributed by atoms with E-state index in [9.17, 15) is 14.7 Å². The SMILES string of the molecule is C[C@@H](O)CN1CC2=C(C1=O)[C@@H](c1ccc(Cl)c(Cl)c1)NC(=O)N2. The Morgan fingerprint density at radius 1 is 1.35 bits per heavy atom. The maximum absolute atomic E-state index is 12.6.